The number of H-pyrrole nitrogens is 1. The van der Waals surface area contributed by atoms with Crippen LogP contribution in [0.25, 0.3) is 10.9 Å². The Morgan fingerprint density at radius 1 is 1.07 bits per heavy atom. The summed E-state index contributed by atoms with van der Waals surface area (Å²) >= 11 is 1.81. The van der Waals surface area contributed by atoms with E-state index < -0.39 is 5.54 Å². The molecule has 2 N–H and O–H groups in total. The lowest BCUT2D eigenvalue weighted by atomic mass is 9.87. The molecule has 2 atom stereocenters. The second kappa shape index (κ2) is 11.9. The van der Waals surface area contributed by atoms with Crippen molar-refractivity contribution in [3.05, 3.63) is 77.9 Å². The second-order valence-corrected chi connectivity index (χ2v) is 13.8. The van der Waals surface area contributed by atoms with Gasteiger partial charge in [0.2, 0.25) is 5.91 Å². The highest BCUT2D eigenvalue weighted by molar-refractivity contribution is 7.99. The van der Waals surface area contributed by atoms with E-state index in [0.29, 0.717) is 42.2 Å². The van der Waals surface area contributed by atoms with Gasteiger partial charge in [0.1, 0.15) is 22.8 Å². The van der Waals surface area contributed by atoms with Gasteiger partial charge < -0.3 is 29.1 Å². The van der Waals surface area contributed by atoms with Crippen molar-refractivity contribution < 1.29 is 23.5 Å². The Balaban J connectivity index is 1.33. The van der Waals surface area contributed by atoms with E-state index in [1.807, 2.05) is 34.9 Å². The van der Waals surface area contributed by atoms with Gasteiger partial charge in [0.25, 0.3) is 5.91 Å². The molecule has 1 saturated heterocycles. The highest BCUT2D eigenvalue weighted by atomic mass is 32.2. The normalized spacial score (nSPS) is 20.2. The van der Waals surface area contributed by atoms with Crippen molar-refractivity contribution in [1.82, 2.24) is 9.88 Å². The summed E-state index contributed by atoms with van der Waals surface area (Å²) in [4.78, 5) is 34.4. The molecule has 0 bridgehead atoms. The minimum Gasteiger partial charge on any atom is -0.497 e. The third-order valence-corrected chi connectivity index (χ3v) is 10.8. The Morgan fingerprint density at radius 2 is 1.84 bits per heavy atom. The van der Waals surface area contributed by atoms with Crippen molar-refractivity contribution in [2.45, 2.75) is 58.0 Å². The summed E-state index contributed by atoms with van der Waals surface area (Å²) in [5, 5.41) is 4.35. The van der Waals surface area contributed by atoms with Gasteiger partial charge in [0.15, 0.2) is 0 Å². The lowest BCUT2D eigenvalue weighted by Gasteiger charge is -2.44. The van der Waals surface area contributed by atoms with E-state index >= 15 is 0 Å². The van der Waals surface area contributed by atoms with E-state index in [2.05, 4.69) is 49.3 Å². The highest BCUT2D eigenvalue weighted by Gasteiger charge is 2.60. The van der Waals surface area contributed by atoms with Crippen molar-refractivity contribution in [3.63, 3.8) is 0 Å². The predicted molar refractivity (Wildman–Crippen MR) is 174 cm³/mol. The number of aryl methyl sites for hydroxylation is 1. The number of carbonyl (C=O) groups is 2. The first-order valence-electron chi connectivity index (χ1n) is 15.2. The smallest absolute Gasteiger partial charge is 0.250 e. The zero-order valence-electron chi connectivity index (χ0n) is 26.1. The molecule has 8 nitrogen and oxygen atoms in total. The van der Waals surface area contributed by atoms with Crippen molar-refractivity contribution in [1.29, 1.82) is 0 Å². The topological polar surface area (TPSA) is 96.8 Å². The first-order valence-corrected chi connectivity index (χ1v) is 16.4. The number of hydrogen-bond donors (Lipinski definition) is 2. The number of thioether (sulfide) groups is 1. The molecule has 232 valence electrons. The SMILES string of the molecule is COc1ccc(NC(=O)C2(N(Cc3ccco3)C(=O)CC3C(c4c(C)[nH]c5ccccc45)C3(C)C)CCSCC2)c(OC)c1. The Morgan fingerprint density at radius 3 is 2.55 bits per heavy atom. The average Bonchev–Trinajstić information content (AvgIpc) is 3.40. The third kappa shape index (κ3) is 5.36. The molecule has 4 aromatic rings. The number of nitrogens with one attached hydrogen (secondary N) is 2. The molecule has 2 fully saturated rings. The predicted octanol–water partition coefficient (Wildman–Crippen LogP) is 7.15. The van der Waals surface area contributed by atoms with E-state index in [1.54, 1.807) is 38.7 Å². The Kier molecular flexibility index (Phi) is 8.18. The molecule has 44 heavy (non-hydrogen) atoms. The molecule has 1 aliphatic carbocycles. The van der Waals surface area contributed by atoms with Gasteiger partial charge in [-0.1, -0.05) is 32.0 Å². The zero-order valence-corrected chi connectivity index (χ0v) is 26.9. The number of ether oxygens (including phenoxy) is 2. The molecule has 6 rings (SSSR count). The van der Waals surface area contributed by atoms with Gasteiger partial charge in [-0.15, -0.1) is 0 Å². The highest BCUT2D eigenvalue weighted by Crippen LogP contribution is 2.67. The number of amides is 2. The van der Waals surface area contributed by atoms with E-state index in [4.69, 9.17) is 13.9 Å². The van der Waals surface area contributed by atoms with Crippen LogP contribution in [0.3, 0.4) is 0 Å². The van der Waals surface area contributed by atoms with Gasteiger partial charge in [-0.3, -0.25) is 9.59 Å². The molecule has 2 aromatic heterocycles. The van der Waals surface area contributed by atoms with Crippen molar-refractivity contribution in [2.24, 2.45) is 11.3 Å². The number of hydrogen-bond acceptors (Lipinski definition) is 6. The molecule has 2 amide bonds. The number of nitrogens with zero attached hydrogens (tertiary/aromatic N) is 1. The summed E-state index contributed by atoms with van der Waals surface area (Å²) in [6, 6.07) is 17.4. The Bertz CT molecular complexity index is 1650. The molecule has 2 aliphatic rings. The molecule has 0 radical (unpaired) electrons. The molecule has 1 aliphatic heterocycles. The van der Waals surface area contributed by atoms with Crippen LogP contribution in [0.4, 0.5) is 5.69 Å². The molecular formula is C35H41N3O5S. The van der Waals surface area contributed by atoms with Crippen LogP contribution in [0.15, 0.2) is 65.3 Å². The fourth-order valence-electron chi connectivity index (χ4n) is 7.20. The van der Waals surface area contributed by atoms with Gasteiger partial charge in [-0.25, -0.2) is 0 Å². The van der Waals surface area contributed by atoms with E-state index in [9.17, 15) is 9.59 Å². The van der Waals surface area contributed by atoms with Crippen LogP contribution in [-0.4, -0.2) is 53.0 Å². The maximum atomic E-state index is 14.6. The maximum absolute atomic E-state index is 14.6. The number of anilines is 1. The molecule has 2 unspecified atom stereocenters. The van der Waals surface area contributed by atoms with Crippen LogP contribution in [0, 0.1) is 18.3 Å². The number of furan rings is 1. The summed E-state index contributed by atoms with van der Waals surface area (Å²) in [5.74, 6) is 3.50. The largest absolute Gasteiger partial charge is 0.497 e. The quantitative estimate of drug-likeness (QED) is 0.197. The molecule has 3 heterocycles. The number of carbonyl (C=O) groups excluding carboxylic acids is 2. The maximum Gasteiger partial charge on any atom is 0.250 e. The first-order chi connectivity index (χ1) is 21.2. The number of aromatic amines is 1. The standard InChI is InChI=1S/C35H41N3O5S/c1-22-31(25-10-6-7-11-27(25)36-22)32-26(34(32,2)3)20-30(39)38(21-24-9-8-16-43-24)35(14-17-44-18-15-35)33(40)37-28-13-12-23(41-4)19-29(28)42-5/h6-13,16,19,26,32,36H,14-15,17-18,20-21H2,1-5H3,(H,37,40). The number of methoxy groups -OCH3 is 2. The zero-order chi connectivity index (χ0) is 31.1. The lowest BCUT2D eigenvalue weighted by molar-refractivity contribution is -0.148. The summed E-state index contributed by atoms with van der Waals surface area (Å²) in [6.07, 6.45) is 3.07. The minimum absolute atomic E-state index is 0.0248. The summed E-state index contributed by atoms with van der Waals surface area (Å²) in [5.41, 5.74) is 3.02. The van der Waals surface area contributed by atoms with Crippen molar-refractivity contribution >= 4 is 40.2 Å². The summed E-state index contributed by atoms with van der Waals surface area (Å²) in [6.45, 7) is 6.86. The minimum atomic E-state index is -1.04. The van der Waals surface area contributed by atoms with E-state index in [0.717, 1.165) is 22.7 Å². The number of fused-ring (bicyclic) bond motifs is 1. The monoisotopic (exact) mass is 615 g/mol. The number of aromatic nitrogens is 1. The van der Waals surface area contributed by atoms with Gasteiger partial charge in [-0.05, 0) is 84.4 Å². The van der Waals surface area contributed by atoms with Crippen molar-refractivity contribution in [2.75, 3.05) is 31.0 Å². The van der Waals surface area contributed by atoms with E-state index in [-0.39, 0.29) is 35.6 Å². The molecule has 9 heteroatoms. The Labute approximate surface area is 262 Å². The number of para-hydroxylation sites is 1. The van der Waals surface area contributed by atoms with E-state index in [1.165, 1.54) is 10.9 Å². The van der Waals surface area contributed by atoms with Crippen LogP contribution in [0.1, 0.15) is 56.0 Å². The molecular weight excluding hydrogens is 574 g/mol. The summed E-state index contributed by atoms with van der Waals surface area (Å²) in [7, 11) is 3.15. The number of benzene rings is 2. The van der Waals surface area contributed by atoms with Crippen LogP contribution in [0.5, 0.6) is 11.5 Å². The molecule has 1 saturated carbocycles. The van der Waals surface area contributed by atoms with Gasteiger partial charge >= 0.3 is 0 Å². The number of rotatable bonds is 10. The molecule has 2 aromatic carbocycles. The van der Waals surface area contributed by atoms with Crippen LogP contribution >= 0.6 is 11.8 Å². The lowest BCUT2D eigenvalue weighted by Crippen LogP contribution is -2.60. The van der Waals surface area contributed by atoms with Crippen LogP contribution in [0.2, 0.25) is 0 Å². The summed E-state index contributed by atoms with van der Waals surface area (Å²) < 4.78 is 16.7. The molecule has 0 spiro atoms. The Hall–Kier alpha value is -3.85. The third-order valence-electron chi connectivity index (χ3n) is 9.81. The van der Waals surface area contributed by atoms with Crippen LogP contribution < -0.4 is 14.8 Å². The second-order valence-electron chi connectivity index (χ2n) is 12.5. The average molecular weight is 616 g/mol. The fraction of sp³-hybridized carbons (Fsp3) is 0.429. The fourth-order valence-corrected chi connectivity index (χ4v) is 8.37. The van der Waals surface area contributed by atoms with Gasteiger partial charge in [-0.2, -0.15) is 11.8 Å². The van der Waals surface area contributed by atoms with Crippen LogP contribution in [-0.2, 0) is 16.1 Å². The van der Waals surface area contributed by atoms with Gasteiger partial charge in [0, 0.05) is 29.1 Å². The van der Waals surface area contributed by atoms with Crippen molar-refractivity contribution in [3.8, 4) is 11.5 Å². The first kappa shape index (κ1) is 30.2. The van der Waals surface area contributed by atoms with Gasteiger partial charge in [0.05, 0.1) is 32.7 Å².